The summed E-state index contributed by atoms with van der Waals surface area (Å²) < 4.78 is 0. The van der Waals surface area contributed by atoms with Crippen molar-refractivity contribution in [3.63, 3.8) is 0 Å². The van der Waals surface area contributed by atoms with Crippen LogP contribution in [0, 0.1) is 5.92 Å². The van der Waals surface area contributed by atoms with Crippen LogP contribution < -0.4 is 4.90 Å². The maximum Gasteiger partial charge on any atom is 0.303 e. The van der Waals surface area contributed by atoms with Crippen LogP contribution in [0.15, 0.2) is 78.9 Å². The Morgan fingerprint density at radius 3 is 2.24 bits per heavy atom. The van der Waals surface area contributed by atoms with Gasteiger partial charge in [0.25, 0.3) is 5.91 Å². The first kappa shape index (κ1) is 25.4. The summed E-state index contributed by atoms with van der Waals surface area (Å²) in [7, 11) is 0. The van der Waals surface area contributed by atoms with Crippen molar-refractivity contribution in [2.75, 3.05) is 31.1 Å². The summed E-state index contributed by atoms with van der Waals surface area (Å²) in [4.78, 5) is 38.6. The summed E-state index contributed by atoms with van der Waals surface area (Å²) in [6.45, 7) is 4.86. The smallest absolute Gasteiger partial charge is 0.303 e. The van der Waals surface area contributed by atoms with E-state index >= 15 is 0 Å². The molecule has 7 heteroatoms. The zero-order valence-electron chi connectivity index (χ0n) is 21.6. The molecule has 1 N–H and O–H groups in total. The molecule has 1 aliphatic rings. The molecule has 5 rings (SSSR count). The number of para-hydroxylation sites is 1. The molecule has 1 saturated heterocycles. The van der Waals surface area contributed by atoms with Crippen LogP contribution in [0.25, 0.3) is 22.3 Å². The number of rotatable bonds is 8. The predicted molar refractivity (Wildman–Crippen MR) is 149 cm³/mol. The fraction of sp³-hybridized carbons (Fsp3) is 0.290. The number of amides is 1. The second-order valence-corrected chi connectivity index (χ2v) is 9.94. The Labute approximate surface area is 222 Å². The minimum Gasteiger partial charge on any atom is -0.481 e. The van der Waals surface area contributed by atoms with Crippen LogP contribution in [-0.2, 0) is 11.2 Å². The van der Waals surface area contributed by atoms with Crippen molar-refractivity contribution in [1.82, 2.24) is 14.9 Å². The van der Waals surface area contributed by atoms with Gasteiger partial charge in [-0.05, 0) is 49.1 Å². The number of carbonyl (C=O) groups is 2. The molecule has 0 aliphatic carbocycles. The van der Waals surface area contributed by atoms with Gasteiger partial charge in [0.1, 0.15) is 0 Å². The number of hydrogen-bond acceptors (Lipinski definition) is 5. The van der Waals surface area contributed by atoms with Gasteiger partial charge in [-0.15, -0.1) is 0 Å². The van der Waals surface area contributed by atoms with Crippen molar-refractivity contribution < 1.29 is 14.7 Å². The van der Waals surface area contributed by atoms with Gasteiger partial charge in [-0.1, -0.05) is 55.5 Å². The lowest BCUT2D eigenvalue weighted by atomic mass is 9.98. The Morgan fingerprint density at radius 1 is 0.868 bits per heavy atom. The largest absolute Gasteiger partial charge is 0.481 e. The van der Waals surface area contributed by atoms with Gasteiger partial charge in [-0.3, -0.25) is 9.59 Å². The lowest BCUT2D eigenvalue weighted by Gasteiger charge is -2.36. The van der Waals surface area contributed by atoms with Crippen molar-refractivity contribution in [3.05, 3.63) is 90.1 Å². The molecule has 1 aliphatic heterocycles. The SMILES string of the molecule is C[C@@H](CCc1nc2cc(C(=O)N3CCN(c4ccccc4)CC3)ccc2nc1-c1ccccc1)CC(=O)O. The van der Waals surface area contributed by atoms with Crippen molar-refractivity contribution in [2.24, 2.45) is 5.92 Å². The number of anilines is 1. The molecular weight excluding hydrogens is 476 g/mol. The molecular formula is C31H32N4O3. The van der Waals surface area contributed by atoms with Gasteiger partial charge in [0.05, 0.1) is 22.4 Å². The number of carbonyl (C=O) groups excluding carboxylic acids is 1. The van der Waals surface area contributed by atoms with E-state index in [0.717, 1.165) is 35.6 Å². The number of aliphatic carboxylic acids is 1. The molecule has 0 radical (unpaired) electrons. The zero-order valence-corrected chi connectivity index (χ0v) is 21.6. The Kier molecular flexibility index (Phi) is 7.63. The lowest BCUT2D eigenvalue weighted by Crippen LogP contribution is -2.48. The molecule has 0 bridgehead atoms. The van der Waals surface area contributed by atoms with Gasteiger partial charge in [-0.25, -0.2) is 9.97 Å². The molecule has 0 unspecified atom stereocenters. The minimum atomic E-state index is -0.793. The van der Waals surface area contributed by atoms with E-state index in [1.54, 1.807) is 0 Å². The molecule has 1 atom stereocenters. The Balaban J connectivity index is 1.38. The van der Waals surface area contributed by atoms with E-state index in [9.17, 15) is 9.59 Å². The van der Waals surface area contributed by atoms with E-state index in [2.05, 4.69) is 17.0 Å². The highest BCUT2D eigenvalue weighted by Gasteiger charge is 2.23. The molecule has 4 aromatic rings. The highest BCUT2D eigenvalue weighted by Crippen LogP contribution is 2.27. The number of aromatic nitrogens is 2. The van der Waals surface area contributed by atoms with Gasteiger partial charge >= 0.3 is 5.97 Å². The number of aryl methyl sites for hydroxylation is 1. The first-order valence-electron chi connectivity index (χ1n) is 13.1. The molecule has 38 heavy (non-hydrogen) atoms. The Hall–Kier alpha value is -4.26. The van der Waals surface area contributed by atoms with Crippen LogP contribution in [0.5, 0.6) is 0 Å². The molecule has 0 spiro atoms. The zero-order chi connectivity index (χ0) is 26.5. The second-order valence-electron chi connectivity index (χ2n) is 9.94. The van der Waals surface area contributed by atoms with E-state index in [-0.39, 0.29) is 18.2 Å². The molecule has 1 aromatic heterocycles. The van der Waals surface area contributed by atoms with Crippen LogP contribution in [0.4, 0.5) is 5.69 Å². The van der Waals surface area contributed by atoms with Crippen LogP contribution in [0.3, 0.4) is 0 Å². The van der Waals surface area contributed by atoms with Crippen molar-refractivity contribution in [3.8, 4) is 11.3 Å². The summed E-state index contributed by atoms with van der Waals surface area (Å²) in [6.07, 6.45) is 1.43. The molecule has 1 fully saturated rings. The molecule has 0 saturated carbocycles. The third kappa shape index (κ3) is 5.83. The topological polar surface area (TPSA) is 86.6 Å². The molecule has 3 aromatic carbocycles. The predicted octanol–water partition coefficient (Wildman–Crippen LogP) is 5.30. The number of fused-ring (bicyclic) bond motifs is 1. The summed E-state index contributed by atoms with van der Waals surface area (Å²) in [5, 5.41) is 9.15. The highest BCUT2D eigenvalue weighted by molar-refractivity contribution is 5.97. The number of hydrogen-bond donors (Lipinski definition) is 1. The number of carboxylic acid groups (broad SMARTS) is 1. The monoisotopic (exact) mass is 508 g/mol. The maximum absolute atomic E-state index is 13.4. The van der Waals surface area contributed by atoms with Crippen LogP contribution in [0.1, 0.15) is 35.8 Å². The van der Waals surface area contributed by atoms with Crippen molar-refractivity contribution >= 4 is 28.6 Å². The standard InChI is InChI=1S/C31H32N4O3/c1-22(20-29(36)37)12-14-27-30(23-8-4-2-5-9-23)33-26-15-13-24(21-28(26)32-27)31(38)35-18-16-34(17-19-35)25-10-6-3-7-11-25/h2-11,13,15,21-22H,12,14,16-20H2,1H3,(H,36,37)/t22-/m0/s1. The van der Waals surface area contributed by atoms with Gasteiger partial charge in [0.15, 0.2) is 0 Å². The summed E-state index contributed by atoms with van der Waals surface area (Å²) in [5.74, 6) is -0.764. The van der Waals surface area contributed by atoms with Gasteiger partial charge < -0.3 is 14.9 Å². The molecule has 2 heterocycles. The number of benzene rings is 3. The average Bonchev–Trinajstić information content (AvgIpc) is 2.95. The first-order chi connectivity index (χ1) is 18.5. The summed E-state index contributed by atoms with van der Waals surface area (Å²) in [6, 6.07) is 25.8. The summed E-state index contributed by atoms with van der Waals surface area (Å²) in [5.41, 5.74) is 5.80. The highest BCUT2D eigenvalue weighted by atomic mass is 16.4. The van der Waals surface area contributed by atoms with E-state index in [0.29, 0.717) is 37.0 Å². The molecule has 194 valence electrons. The number of carboxylic acids is 1. The summed E-state index contributed by atoms with van der Waals surface area (Å²) >= 11 is 0. The fourth-order valence-electron chi connectivity index (χ4n) is 5.00. The average molecular weight is 509 g/mol. The normalized spacial score (nSPS) is 14.4. The third-order valence-electron chi connectivity index (χ3n) is 7.12. The Bertz CT molecular complexity index is 1420. The number of nitrogens with zero attached hydrogens (tertiary/aromatic N) is 4. The van der Waals surface area contributed by atoms with Gasteiger partial charge in [0.2, 0.25) is 0 Å². The Morgan fingerprint density at radius 2 is 1.55 bits per heavy atom. The van der Waals surface area contributed by atoms with Gasteiger partial charge in [-0.2, -0.15) is 0 Å². The van der Waals surface area contributed by atoms with E-state index in [4.69, 9.17) is 15.1 Å². The third-order valence-corrected chi connectivity index (χ3v) is 7.12. The second kappa shape index (κ2) is 11.4. The number of piperazine rings is 1. The minimum absolute atomic E-state index is 0.00479. The first-order valence-corrected chi connectivity index (χ1v) is 13.1. The van der Waals surface area contributed by atoms with Crippen molar-refractivity contribution in [2.45, 2.75) is 26.2 Å². The van der Waals surface area contributed by atoms with Crippen LogP contribution in [0.2, 0.25) is 0 Å². The maximum atomic E-state index is 13.4. The van der Waals surface area contributed by atoms with E-state index < -0.39 is 5.97 Å². The van der Waals surface area contributed by atoms with E-state index in [1.807, 2.05) is 78.6 Å². The van der Waals surface area contributed by atoms with Crippen molar-refractivity contribution in [1.29, 1.82) is 0 Å². The fourth-order valence-corrected chi connectivity index (χ4v) is 5.00. The lowest BCUT2D eigenvalue weighted by molar-refractivity contribution is -0.138. The quantitative estimate of drug-likeness (QED) is 0.347. The van der Waals surface area contributed by atoms with E-state index in [1.165, 1.54) is 5.69 Å². The van der Waals surface area contributed by atoms with Crippen LogP contribution in [-0.4, -0.2) is 58.0 Å². The van der Waals surface area contributed by atoms with Gasteiger partial charge in [0, 0.05) is 49.4 Å². The molecule has 1 amide bonds. The van der Waals surface area contributed by atoms with Crippen LogP contribution >= 0.6 is 0 Å². The molecule has 7 nitrogen and oxygen atoms in total.